The largest absolute Gasteiger partial charge is 0.396 e. The predicted octanol–water partition coefficient (Wildman–Crippen LogP) is 1.78. The molecule has 1 saturated heterocycles. The van der Waals surface area contributed by atoms with E-state index in [1.807, 2.05) is 0 Å². The number of rotatable bonds is 4. The molecule has 98 valence electrons. The third-order valence-electron chi connectivity index (χ3n) is 3.17. The van der Waals surface area contributed by atoms with Gasteiger partial charge < -0.3 is 10.0 Å². The van der Waals surface area contributed by atoms with E-state index in [1.165, 1.54) is 12.1 Å². The number of benzene rings is 1. The second-order valence-corrected chi connectivity index (χ2v) is 5.21. The second-order valence-electron chi connectivity index (χ2n) is 4.48. The van der Waals surface area contributed by atoms with Crippen LogP contribution in [0, 0.1) is 5.82 Å². The van der Waals surface area contributed by atoms with Gasteiger partial charge in [-0.3, -0.25) is 4.79 Å². The number of hydrogen-bond donors (Lipinski definition) is 2. The van der Waals surface area contributed by atoms with Crippen molar-refractivity contribution in [2.45, 2.75) is 24.1 Å². The van der Waals surface area contributed by atoms with E-state index in [0.717, 1.165) is 5.56 Å². The summed E-state index contributed by atoms with van der Waals surface area (Å²) in [6.07, 6.45) is 0.879. The number of amides is 1. The van der Waals surface area contributed by atoms with Crippen molar-refractivity contribution in [1.29, 1.82) is 0 Å². The quantitative estimate of drug-likeness (QED) is 0.818. The lowest BCUT2D eigenvalue weighted by Crippen LogP contribution is -2.31. The van der Waals surface area contributed by atoms with E-state index in [0.29, 0.717) is 19.4 Å². The average Bonchev–Trinajstić information content (AvgIpc) is 2.67. The maximum atomic E-state index is 12.9. The van der Waals surface area contributed by atoms with Gasteiger partial charge in [0.25, 0.3) is 0 Å². The zero-order valence-corrected chi connectivity index (χ0v) is 10.8. The molecule has 2 unspecified atom stereocenters. The van der Waals surface area contributed by atoms with Gasteiger partial charge in [0.15, 0.2) is 0 Å². The number of likely N-dealkylation sites (tertiary alicyclic amines) is 1. The molecular weight excluding hydrogens is 253 g/mol. The Balaban J connectivity index is 2.22. The Hall–Kier alpha value is -1.07. The molecule has 2 rings (SSSR count). The van der Waals surface area contributed by atoms with Crippen LogP contribution in [0.2, 0.25) is 0 Å². The van der Waals surface area contributed by atoms with Crippen molar-refractivity contribution in [3.63, 3.8) is 0 Å². The van der Waals surface area contributed by atoms with E-state index >= 15 is 0 Å². The van der Waals surface area contributed by atoms with E-state index in [-0.39, 0.29) is 29.6 Å². The highest BCUT2D eigenvalue weighted by atomic mass is 32.1. The Morgan fingerprint density at radius 3 is 2.61 bits per heavy atom. The van der Waals surface area contributed by atoms with Gasteiger partial charge in [0, 0.05) is 24.8 Å². The lowest BCUT2D eigenvalue weighted by molar-refractivity contribution is -0.130. The molecule has 3 nitrogen and oxygen atoms in total. The van der Waals surface area contributed by atoms with Crippen LogP contribution in [0.5, 0.6) is 0 Å². The first-order chi connectivity index (χ1) is 8.61. The Morgan fingerprint density at radius 1 is 1.44 bits per heavy atom. The van der Waals surface area contributed by atoms with Gasteiger partial charge in [-0.15, -0.1) is 0 Å². The maximum Gasteiger partial charge on any atom is 0.224 e. The lowest BCUT2D eigenvalue weighted by atomic mass is 10.0. The summed E-state index contributed by atoms with van der Waals surface area (Å²) < 4.78 is 12.9. The highest BCUT2D eigenvalue weighted by molar-refractivity contribution is 7.81. The SMILES string of the molecule is O=C1CC(S)CN1C(CCO)c1ccc(F)cc1. The minimum atomic E-state index is -0.304. The lowest BCUT2D eigenvalue weighted by Gasteiger charge is -2.28. The van der Waals surface area contributed by atoms with Crippen LogP contribution in [0.25, 0.3) is 0 Å². The van der Waals surface area contributed by atoms with Crippen molar-refractivity contribution in [3.8, 4) is 0 Å². The molecule has 0 saturated carbocycles. The predicted molar refractivity (Wildman–Crippen MR) is 69.9 cm³/mol. The Morgan fingerprint density at radius 2 is 2.11 bits per heavy atom. The van der Waals surface area contributed by atoms with Gasteiger partial charge in [-0.25, -0.2) is 4.39 Å². The first kappa shape index (κ1) is 13.4. The standard InChI is InChI=1S/C13H16FNO2S/c14-10-3-1-9(2-4-10)12(5-6-16)15-8-11(18)7-13(15)17/h1-4,11-12,16,18H,5-8H2. The maximum absolute atomic E-state index is 12.9. The van der Waals surface area contributed by atoms with Crippen LogP contribution >= 0.6 is 12.6 Å². The van der Waals surface area contributed by atoms with Gasteiger partial charge in [0.05, 0.1) is 6.04 Å². The summed E-state index contributed by atoms with van der Waals surface area (Å²) in [5.74, 6) is -0.265. The topological polar surface area (TPSA) is 40.5 Å². The number of carbonyl (C=O) groups is 1. The molecule has 1 aromatic rings. The zero-order chi connectivity index (χ0) is 13.1. The number of aliphatic hydroxyl groups is 1. The molecule has 0 aromatic heterocycles. The van der Waals surface area contributed by atoms with E-state index in [2.05, 4.69) is 12.6 Å². The summed E-state index contributed by atoms with van der Waals surface area (Å²) in [5, 5.41) is 9.17. The Labute approximate surface area is 111 Å². The third-order valence-corrected chi connectivity index (χ3v) is 3.52. The molecule has 1 fully saturated rings. The van der Waals surface area contributed by atoms with Crippen molar-refractivity contribution >= 4 is 18.5 Å². The Bertz CT molecular complexity index is 424. The summed E-state index contributed by atoms with van der Waals surface area (Å²) in [5.41, 5.74) is 0.848. The van der Waals surface area contributed by atoms with Gasteiger partial charge in [-0.2, -0.15) is 12.6 Å². The molecule has 5 heteroatoms. The fourth-order valence-corrected chi connectivity index (χ4v) is 2.66. The zero-order valence-electron chi connectivity index (χ0n) is 9.92. The first-order valence-corrected chi connectivity index (χ1v) is 6.47. The monoisotopic (exact) mass is 269 g/mol. The van der Waals surface area contributed by atoms with Gasteiger partial charge in [-0.1, -0.05) is 12.1 Å². The number of aliphatic hydroxyl groups excluding tert-OH is 1. The van der Waals surface area contributed by atoms with Gasteiger partial charge in [0.2, 0.25) is 5.91 Å². The summed E-state index contributed by atoms with van der Waals surface area (Å²) in [7, 11) is 0. The highest BCUT2D eigenvalue weighted by Gasteiger charge is 2.33. The van der Waals surface area contributed by atoms with E-state index in [4.69, 9.17) is 5.11 Å². The van der Waals surface area contributed by atoms with E-state index in [9.17, 15) is 9.18 Å². The minimum absolute atomic E-state index is 0.0109. The molecule has 2 atom stereocenters. The van der Waals surface area contributed by atoms with Crippen LogP contribution in [0.4, 0.5) is 4.39 Å². The van der Waals surface area contributed by atoms with Crippen LogP contribution in [0.1, 0.15) is 24.4 Å². The average molecular weight is 269 g/mol. The van der Waals surface area contributed by atoms with Gasteiger partial charge in [0.1, 0.15) is 5.82 Å². The minimum Gasteiger partial charge on any atom is -0.396 e. The summed E-state index contributed by atoms with van der Waals surface area (Å²) in [6, 6.07) is 5.88. The molecule has 18 heavy (non-hydrogen) atoms. The normalized spacial score (nSPS) is 21.4. The molecule has 1 aliphatic rings. The van der Waals surface area contributed by atoms with Crippen molar-refractivity contribution in [3.05, 3.63) is 35.6 Å². The second kappa shape index (κ2) is 5.71. The van der Waals surface area contributed by atoms with E-state index < -0.39 is 0 Å². The van der Waals surface area contributed by atoms with Crippen molar-refractivity contribution in [2.24, 2.45) is 0 Å². The van der Waals surface area contributed by atoms with Gasteiger partial charge >= 0.3 is 0 Å². The van der Waals surface area contributed by atoms with Crippen LogP contribution < -0.4 is 0 Å². The summed E-state index contributed by atoms with van der Waals surface area (Å²) in [6.45, 7) is 0.563. The Kier molecular flexibility index (Phi) is 4.24. The number of halogens is 1. The molecule has 0 aliphatic carbocycles. The van der Waals surface area contributed by atoms with Crippen LogP contribution in [-0.4, -0.2) is 34.3 Å². The molecule has 1 aliphatic heterocycles. The molecule has 0 radical (unpaired) electrons. The number of carbonyl (C=O) groups excluding carboxylic acids is 1. The highest BCUT2D eigenvalue weighted by Crippen LogP contribution is 2.30. The first-order valence-electron chi connectivity index (χ1n) is 5.95. The van der Waals surface area contributed by atoms with Crippen LogP contribution in [0.15, 0.2) is 24.3 Å². The van der Waals surface area contributed by atoms with E-state index in [1.54, 1.807) is 17.0 Å². The van der Waals surface area contributed by atoms with Crippen LogP contribution in [0.3, 0.4) is 0 Å². The number of thiol groups is 1. The third kappa shape index (κ3) is 2.84. The van der Waals surface area contributed by atoms with Crippen molar-refractivity contribution in [2.75, 3.05) is 13.2 Å². The van der Waals surface area contributed by atoms with Crippen molar-refractivity contribution in [1.82, 2.24) is 4.90 Å². The summed E-state index contributed by atoms with van der Waals surface area (Å²) in [4.78, 5) is 13.6. The molecular formula is C13H16FNO2S. The molecule has 1 N–H and O–H groups in total. The van der Waals surface area contributed by atoms with Crippen molar-refractivity contribution < 1.29 is 14.3 Å². The fourth-order valence-electron chi connectivity index (χ4n) is 2.32. The van der Waals surface area contributed by atoms with Crippen LogP contribution in [-0.2, 0) is 4.79 Å². The molecule has 0 spiro atoms. The molecule has 1 aromatic carbocycles. The number of nitrogens with zero attached hydrogens (tertiary/aromatic N) is 1. The number of hydrogen-bond acceptors (Lipinski definition) is 3. The molecule has 1 heterocycles. The molecule has 0 bridgehead atoms. The smallest absolute Gasteiger partial charge is 0.224 e. The fraction of sp³-hybridized carbons (Fsp3) is 0.462. The summed E-state index contributed by atoms with van der Waals surface area (Å²) >= 11 is 4.32. The molecule has 1 amide bonds. The van der Waals surface area contributed by atoms with Gasteiger partial charge in [-0.05, 0) is 24.1 Å².